The summed E-state index contributed by atoms with van der Waals surface area (Å²) < 4.78 is 0. The van der Waals surface area contributed by atoms with E-state index >= 15 is 0 Å². The highest BCUT2D eigenvalue weighted by molar-refractivity contribution is 7.99. The number of benzene rings is 1. The lowest BCUT2D eigenvalue weighted by Crippen LogP contribution is -2.33. The zero-order valence-electron chi connectivity index (χ0n) is 12.1. The van der Waals surface area contributed by atoms with Gasteiger partial charge >= 0.3 is 0 Å². The maximum absolute atomic E-state index is 10.5. The quantitative estimate of drug-likeness (QED) is 0.783. The normalized spacial score (nSPS) is 21.9. The molecule has 0 heterocycles. The van der Waals surface area contributed by atoms with E-state index in [1.54, 1.807) is 11.8 Å². The van der Waals surface area contributed by atoms with Gasteiger partial charge in [-0.15, -0.1) is 11.8 Å². The monoisotopic (exact) mass is 291 g/mol. The van der Waals surface area contributed by atoms with Crippen LogP contribution in [0.3, 0.4) is 0 Å². The summed E-state index contributed by atoms with van der Waals surface area (Å²) in [7, 11) is 0. The first-order valence-electron chi connectivity index (χ1n) is 7.91. The van der Waals surface area contributed by atoms with Crippen LogP contribution in [0.1, 0.15) is 50.5 Å². The summed E-state index contributed by atoms with van der Waals surface area (Å²) in [6.45, 7) is 0.986. The number of aliphatic hydroxyl groups is 1. The van der Waals surface area contributed by atoms with Gasteiger partial charge in [0.1, 0.15) is 0 Å². The number of thioether (sulfide) groups is 1. The average Bonchev–Trinajstić information content (AvgIpc) is 3.29. The minimum absolute atomic E-state index is 0.422. The molecule has 0 unspecified atom stereocenters. The third-order valence-electron chi connectivity index (χ3n) is 4.39. The second-order valence-corrected chi connectivity index (χ2v) is 7.42. The Morgan fingerprint density at radius 2 is 1.80 bits per heavy atom. The van der Waals surface area contributed by atoms with Crippen molar-refractivity contribution in [3.05, 3.63) is 29.8 Å². The topological polar surface area (TPSA) is 32.3 Å². The Kier molecular flexibility index (Phi) is 4.69. The van der Waals surface area contributed by atoms with Crippen LogP contribution in [0, 0.1) is 0 Å². The Hall–Kier alpha value is -0.510. The Bertz CT molecular complexity index is 421. The third kappa shape index (κ3) is 4.24. The van der Waals surface area contributed by atoms with Gasteiger partial charge in [-0.2, -0.15) is 0 Å². The molecule has 3 heteroatoms. The summed E-state index contributed by atoms with van der Waals surface area (Å²) in [6.07, 6.45) is 8.28. The summed E-state index contributed by atoms with van der Waals surface area (Å²) in [4.78, 5) is 1.28. The molecule has 0 aromatic heterocycles. The molecule has 0 spiro atoms. The zero-order chi connectivity index (χ0) is 13.8. The number of hydrogen-bond donors (Lipinski definition) is 2. The molecule has 0 bridgehead atoms. The summed E-state index contributed by atoms with van der Waals surface area (Å²) >= 11 is 1.80. The van der Waals surface area contributed by atoms with Crippen molar-refractivity contribution in [1.82, 2.24) is 5.32 Å². The van der Waals surface area contributed by atoms with Gasteiger partial charge in [0.25, 0.3) is 0 Å². The van der Waals surface area contributed by atoms with Gasteiger partial charge in [-0.05, 0) is 43.4 Å². The molecule has 2 fully saturated rings. The number of hydrogen-bond acceptors (Lipinski definition) is 3. The molecular formula is C17H25NOS. The fraction of sp³-hybridized carbons (Fsp3) is 0.647. The van der Waals surface area contributed by atoms with Crippen LogP contribution in [-0.2, 0) is 6.54 Å². The molecule has 0 radical (unpaired) electrons. The fourth-order valence-electron chi connectivity index (χ4n) is 2.83. The van der Waals surface area contributed by atoms with Gasteiger partial charge in [-0.25, -0.2) is 0 Å². The molecule has 2 aliphatic carbocycles. The van der Waals surface area contributed by atoms with Gasteiger partial charge in [-0.3, -0.25) is 0 Å². The largest absolute Gasteiger partial charge is 0.389 e. The summed E-state index contributed by atoms with van der Waals surface area (Å²) in [6, 6.07) is 9.58. The van der Waals surface area contributed by atoms with Gasteiger partial charge in [0, 0.05) is 23.2 Å². The zero-order valence-corrected chi connectivity index (χ0v) is 12.9. The predicted octanol–water partition coefficient (Wildman–Crippen LogP) is 3.73. The number of rotatable bonds is 6. The summed E-state index contributed by atoms with van der Waals surface area (Å²) in [5, 5.41) is 14.0. The van der Waals surface area contributed by atoms with Gasteiger partial charge in [0.05, 0.1) is 5.60 Å². The Morgan fingerprint density at radius 3 is 2.45 bits per heavy atom. The van der Waals surface area contributed by atoms with E-state index in [4.69, 9.17) is 0 Å². The maximum Gasteiger partial charge on any atom is 0.0741 e. The SMILES string of the molecule is OC1(CSc2ccc(CNC3CC3)cc2)CCCCC1. The summed E-state index contributed by atoms with van der Waals surface area (Å²) in [5.74, 6) is 0.840. The minimum Gasteiger partial charge on any atom is -0.389 e. The van der Waals surface area contributed by atoms with Crippen LogP contribution >= 0.6 is 11.8 Å². The summed E-state index contributed by atoms with van der Waals surface area (Å²) in [5.41, 5.74) is 0.937. The van der Waals surface area contributed by atoms with E-state index < -0.39 is 5.60 Å². The van der Waals surface area contributed by atoms with E-state index in [1.807, 2.05) is 0 Å². The minimum atomic E-state index is -0.422. The molecule has 20 heavy (non-hydrogen) atoms. The molecule has 2 N–H and O–H groups in total. The van der Waals surface area contributed by atoms with E-state index in [0.717, 1.165) is 31.2 Å². The van der Waals surface area contributed by atoms with E-state index in [-0.39, 0.29) is 0 Å². The smallest absolute Gasteiger partial charge is 0.0741 e. The molecule has 2 nitrogen and oxygen atoms in total. The molecule has 0 aliphatic heterocycles. The van der Waals surface area contributed by atoms with Crippen molar-refractivity contribution >= 4 is 11.8 Å². The highest BCUT2D eigenvalue weighted by atomic mass is 32.2. The molecular weight excluding hydrogens is 266 g/mol. The highest BCUT2D eigenvalue weighted by Gasteiger charge is 2.29. The Morgan fingerprint density at radius 1 is 1.10 bits per heavy atom. The van der Waals surface area contributed by atoms with Gasteiger partial charge in [0.15, 0.2) is 0 Å². The first-order chi connectivity index (χ1) is 9.73. The number of nitrogens with one attached hydrogen (secondary N) is 1. The van der Waals surface area contributed by atoms with Crippen molar-refractivity contribution in [2.24, 2.45) is 0 Å². The van der Waals surface area contributed by atoms with Crippen molar-refractivity contribution in [2.75, 3.05) is 5.75 Å². The standard InChI is InChI=1S/C17H25NOS/c19-17(10-2-1-3-11-17)13-20-16-8-4-14(5-9-16)12-18-15-6-7-15/h4-5,8-9,15,18-19H,1-3,6-7,10-13H2. The lowest BCUT2D eigenvalue weighted by molar-refractivity contribution is 0.0273. The van der Waals surface area contributed by atoms with Gasteiger partial charge in [-0.1, -0.05) is 31.4 Å². The molecule has 110 valence electrons. The highest BCUT2D eigenvalue weighted by Crippen LogP contribution is 2.33. The van der Waals surface area contributed by atoms with Crippen LogP contribution in [0.5, 0.6) is 0 Å². The third-order valence-corrected chi connectivity index (χ3v) is 5.67. The van der Waals surface area contributed by atoms with Crippen molar-refractivity contribution in [3.8, 4) is 0 Å². The van der Waals surface area contributed by atoms with E-state index in [1.165, 1.54) is 42.6 Å². The van der Waals surface area contributed by atoms with Gasteiger partial charge < -0.3 is 10.4 Å². The maximum atomic E-state index is 10.5. The second-order valence-electron chi connectivity index (χ2n) is 6.37. The van der Waals surface area contributed by atoms with Crippen molar-refractivity contribution in [1.29, 1.82) is 0 Å². The first kappa shape index (κ1) is 14.4. The average molecular weight is 291 g/mol. The predicted molar refractivity (Wildman–Crippen MR) is 85.1 cm³/mol. The van der Waals surface area contributed by atoms with Gasteiger partial charge in [0.2, 0.25) is 0 Å². The van der Waals surface area contributed by atoms with E-state index in [2.05, 4.69) is 29.6 Å². The van der Waals surface area contributed by atoms with E-state index in [0.29, 0.717) is 0 Å². The molecule has 0 atom stereocenters. The molecule has 2 saturated carbocycles. The van der Waals surface area contributed by atoms with Crippen LogP contribution < -0.4 is 5.32 Å². The van der Waals surface area contributed by atoms with Crippen LogP contribution in [0.25, 0.3) is 0 Å². The van der Waals surface area contributed by atoms with Crippen LogP contribution in [-0.4, -0.2) is 22.5 Å². The van der Waals surface area contributed by atoms with Crippen molar-refractivity contribution in [2.45, 2.75) is 68.0 Å². The van der Waals surface area contributed by atoms with Crippen LogP contribution in [0.15, 0.2) is 29.2 Å². The Balaban J connectivity index is 1.47. The van der Waals surface area contributed by atoms with E-state index in [9.17, 15) is 5.11 Å². The molecule has 2 aliphatic rings. The second kappa shape index (κ2) is 6.50. The van der Waals surface area contributed by atoms with Crippen LogP contribution in [0.2, 0.25) is 0 Å². The molecule has 0 amide bonds. The molecule has 3 rings (SSSR count). The lowest BCUT2D eigenvalue weighted by atomic mass is 9.86. The van der Waals surface area contributed by atoms with Crippen molar-refractivity contribution < 1.29 is 5.11 Å². The molecule has 1 aromatic rings. The first-order valence-corrected chi connectivity index (χ1v) is 8.90. The fourth-order valence-corrected chi connectivity index (χ4v) is 3.88. The Labute approximate surface area is 126 Å². The molecule has 1 aromatic carbocycles. The molecule has 0 saturated heterocycles. The van der Waals surface area contributed by atoms with Crippen LogP contribution in [0.4, 0.5) is 0 Å². The lowest BCUT2D eigenvalue weighted by Gasteiger charge is -2.31. The van der Waals surface area contributed by atoms with Crippen molar-refractivity contribution in [3.63, 3.8) is 0 Å².